The molecule has 3 rings (SSSR count). The fraction of sp³-hybridized carbons (Fsp3) is 0.750. The lowest BCUT2D eigenvalue weighted by Gasteiger charge is -2.41. The summed E-state index contributed by atoms with van der Waals surface area (Å²) in [4.78, 5) is 17.4. The van der Waals surface area contributed by atoms with Gasteiger partial charge in [-0.1, -0.05) is 125 Å². The molecule has 0 bridgehead atoms. The third-order valence-corrected chi connectivity index (χ3v) is 37.8. The van der Waals surface area contributed by atoms with Gasteiger partial charge in [-0.15, -0.1) is 34.0 Å². The summed E-state index contributed by atoms with van der Waals surface area (Å²) in [7, 11) is -4.84. The molecule has 0 amide bonds. The number of rotatable bonds is 13. The number of aromatic nitrogens is 3. The Morgan fingerprint density at radius 1 is 0.400 bits per heavy atom. The van der Waals surface area contributed by atoms with Gasteiger partial charge in [-0.05, 0) is 49.9 Å². The highest BCUT2D eigenvalue weighted by molar-refractivity contribution is 7.34. The normalized spacial score (nSPS) is 13.6. The molecule has 3 aromatic rings. The molecule has 3 aromatic heterocycles. The van der Waals surface area contributed by atoms with E-state index in [4.69, 9.17) is 9.97 Å². The van der Waals surface area contributed by atoms with E-state index >= 15 is 0 Å². The molecule has 0 spiro atoms. The summed E-state index contributed by atoms with van der Waals surface area (Å²) in [5.74, 6) is 0. The molecule has 0 unspecified atom stereocenters. The second-order valence-corrected chi connectivity index (χ2v) is 37.5. The van der Waals surface area contributed by atoms with Gasteiger partial charge in [0.15, 0.2) is 0 Å². The standard InChI is InChI=1S/C24H44N2S2Si2.C12H23NSSi/c1-15(2)29(16(3)4,17(5)6)23-25-13-21(27-23)22-14-26-24(28-22)30(18(7)8,19(9)10)20(11)12;1-9(2)15(10(3)4,11(5)6)12-13-7-8-14-12/h13-20H,1-12H3;7-11H,1-6H3. The molecule has 0 saturated heterocycles. The van der Waals surface area contributed by atoms with E-state index in [1.807, 2.05) is 40.2 Å². The molecular weight excluding hydrogens is 655 g/mol. The van der Waals surface area contributed by atoms with Crippen LogP contribution in [0.5, 0.6) is 0 Å². The van der Waals surface area contributed by atoms with Crippen LogP contribution in [0.4, 0.5) is 0 Å². The van der Waals surface area contributed by atoms with Crippen molar-refractivity contribution in [2.24, 2.45) is 0 Å². The predicted octanol–water partition coefficient (Wildman–Crippen LogP) is 12.1. The van der Waals surface area contributed by atoms with Crippen molar-refractivity contribution in [1.29, 1.82) is 0 Å². The topological polar surface area (TPSA) is 38.7 Å². The van der Waals surface area contributed by atoms with Crippen LogP contribution in [-0.2, 0) is 0 Å². The molecule has 256 valence electrons. The van der Waals surface area contributed by atoms with E-state index < -0.39 is 24.2 Å². The predicted molar refractivity (Wildman–Crippen MR) is 217 cm³/mol. The van der Waals surface area contributed by atoms with Crippen LogP contribution in [0, 0.1) is 0 Å². The van der Waals surface area contributed by atoms with Gasteiger partial charge in [-0.3, -0.25) is 15.0 Å². The van der Waals surface area contributed by atoms with Crippen LogP contribution in [0.2, 0.25) is 49.9 Å². The maximum atomic E-state index is 5.08. The molecule has 0 aliphatic carbocycles. The fourth-order valence-corrected chi connectivity index (χ4v) is 38.4. The van der Waals surface area contributed by atoms with Crippen molar-refractivity contribution in [1.82, 2.24) is 15.0 Å². The van der Waals surface area contributed by atoms with Gasteiger partial charge in [0, 0.05) is 24.0 Å². The summed E-state index contributed by atoms with van der Waals surface area (Å²) in [6, 6.07) is 0. The lowest BCUT2D eigenvalue weighted by Crippen LogP contribution is -2.55. The summed E-state index contributed by atoms with van der Waals surface area (Å²) in [5, 5.41) is 2.13. The Labute approximate surface area is 293 Å². The quantitative estimate of drug-likeness (QED) is 0.165. The first-order valence-electron chi connectivity index (χ1n) is 17.6. The third kappa shape index (κ3) is 7.43. The molecule has 0 fully saturated rings. The lowest BCUT2D eigenvalue weighted by atomic mass is 10.5. The molecule has 0 aliphatic rings. The molecule has 9 heteroatoms. The Balaban J connectivity index is 0.000000394. The van der Waals surface area contributed by atoms with Crippen molar-refractivity contribution in [2.45, 2.75) is 174 Å². The second-order valence-electron chi connectivity index (χ2n) is 16.1. The third-order valence-electron chi connectivity index (χ3n) is 11.4. The largest absolute Gasteiger partial charge is 0.255 e. The maximum Gasteiger partial charge on any atom is 0.131 e. The molecule has 3 heterocycles. The summed E-state index contributed by atoms with van der Waals surface area (Å²) < 4.78 is 4.32. The molecule has 0 saturated carbocycles. The van der Waals surface area contributed by atoms with Crippen molar-refractivity contribution < 1.29 is 0 Å². The Bertz CT molecular complexity index is 1150. The summed E-state index contributed by atoms with van der Waals surface area (Å²) in [5.41, 5.74) is 6.45. The van der Waals surface area contributed by atoms with E-state index in [0.29, 0.717) is 33.2 Å². The number of nitrogens with zero attached hydrogens (tertiary/aromatic N) is 3. The Hall–Kier alpha value is -0.459. The van der Waals surface area contributed by atoms with Gasteiger partial charge < -0.3 is 0 Å². The van der Waals surface area contributed by atoms with Crippen molar-refractivity contribution in [3.63, 3.8) is 0 Å². The van der Waals surface area contributed by atoms with Crippen molar-refractivity contribution in [3.05, 3.63) is 24.0 Å². The zero-order chi connectivity index (χ0) is 34.7. The van der Waals surface area contributed by atoms with E-state index in [9.17, 15) is 0 Å². The van der Waals surface area contributed by atoms with Gasteiger partial charge in [0.1, 0.15) is 24.2 Å². The summed E-state index contributed by atoms with van der Waals surface area (Å²) >= 11 is 5.79. The number of hydrogen-bond donors (Lipinski definition) is 0. The minimum atomic E-state index is -1.70. The van der Waals surface area contributed by atoms with Crippen molar-refractivity contribution in [3.8, 4) is 9.75 Å². The Morgan fingerprint density at radius 2 is 0.667 bits per heavy atom. The zero-order valence-electron chi connectivity index (χ0n) is 32.1. The first kappa shape index (κ1) is 40.7. The highest BCUT2D eigenvalue weighted by atomic mass is 32.1. The van der Waals surface area contributed by atoms with E-state index in [1.165, 1.54) is 23.6 Å². The van der Waals surface area contributed by atoms with E-state index in [0.717, 1.165) is 16.6 Å². The van der Waals surface area contributed by atoms with Crippen LogP contribution < -0.4 is 13.9 Å². The van der Waals surface area contributed by atoms with E-state index in [1.54, 1.807) is 0 Å². The van der Waals surface area contributed by atoms with E-state index in [2.05, 4.69) is 147 Å². The maximum absolute atomic E-state index is 5.08. The van der Waals surface area contributed by atoms with Gasteiger partial charge in [-0.2, -0.15) is 0 Å². The van der Waals surface area contributed by atoms with Crippen LogP contribution in [0.3, 0.4) is 0 Å². The SMILES string of the molecule is CC(C)[Si](c1ncc(-c2cnc([Si](C(C)C)(C(C)C)C(C)C)s2)s1)(C(C)C)C(C)C.CC(C)[Si](c1nccs1)(C(C)C)C(C)C. The molecule has 0 N–H and O–H groups in total. The number of thiazole rings is 3. The molecule has 0 aliphatic heterocycles. The monoisotopic (exact) mass is 721 g/mol. The molecular formula is C36H67N3S3Si3. The minimum absolute atomic E-state index is 0.691. The van der Waals surface area contributed by atoms with Gasteiger partial charge in [-0.25, -0.2) is 0 Å². The second kappa shape index (κ2) is 16.3. The number of hydrogen-bond acceptors (Lipinski definition) is 6. The molecule has 3 nitrogen and oxygen atoms in total. The van der Waals surface area contributed by atoms with Crippen molar-refractivity contribution in [2.75, 3.05) is 0 Å². The van der Waals surface area contributed by atoms with Crippen LogP contribution >= 0.6 is 34.0 Å². The van der Waals surface area contributed by atoms with E-state index in [-0.39, 0.29) is 0 Å². The lowest BCUT2D eigenvalue weighted by molar-refractivity contribution is 0.833. The average molecular weight is 722 g/mol. The van der Waals surface area contributed by atoms with Crippen LogP contribution in [0.15, 0.2) is 24.0 Å². The zero-order valence-corrected chi connectivity index (χ0v) is 37.5. The van der Waals surface area contributed by atoms with Gasteiger partial charge in [0.2, 0.25) is 0 Å². The Kier molecular flexibility index (Phi) is 14.7. The Morgan fingerprint density at radius 3 is 0.889 bits per heavy atom. The smallest absolute Gasteiger partial charge is 0.131 e. The highest BCUT2D eigenvalue weighted by Gasteiger charge is 2.49. The van der Waals surface area contributed by atoms with Crippen LogP contribution in [0.1, 0.15) is 125 Å². The van der Waals surface area contributed by atoms with Gasteiger partial charge in [0.25, 0.3) is 0 Å². The van der Waals surface area contributed by atoms with Gasteiger partial charge in [0.05, 0.1) is 23.6 Å². The average Bonchev–Trinajstić information content (AvgIpc) is 3.66. The molecule has 45 heavy (non-hydrogen) atoms. The van der Waals surface area contributed by atoms with Crippen molar-refractivity contribution >= 4 is 72.1 Å². The molecule has 0 atom stereocenters. The first-order chi connectivity index (χ1) is 20.8. The summed E-state index contributed by atoms with van der Waals surface area (Å²) in [6.07, 6.45) is 6.26. The summed E-state index contributed by atoms with van der Waals surface area (Å²) in [6.45, 7) is 43.4. The highest BCUT2D eigenvalue weighted by Crippen LogP contribution is 2.45. The minimum Gasteiger partial charge on any atom is -0.255 e. The molecule has 0 radical (unpaired) electrons. The molecule has 0 aromatic carbocycles. The van der Waals surface area contributed by atoms with Crippen LogP contribution in [0.25, 0.3) is 9.75 Å². The van der Waals surface area contributed by atoms with Gasteiger partial charge >= 0.3 is 0 Å². The fourth-order valence-electron chi connectivity index (χ4n) is 9.84. The first-order valence-corrected chi connectivity index (χ1v) is 26.8. The van der Waals surface area contributed by atoms with Crippen LogP contribution in [-0.4, -0.2) is 39.2 Å².